The van der Waals surface area contributed by atoms with Crippen molar-refractivity contribution in [1.82, 2.24) is 0 Å². The van der Waals surface area contributed by atoms with E-state index in [-0.39, 0.29) is 0 Å². The molecule has 0 radical (unpaired) electrons. The number of anilines is 1. The highest BCUT2D eigenvalue weighted by atomic mass is 16.5. The van der Waals surface area contributed by atoms with Gasteiger partial charge in [0.05, 0.1) is 6.26 Å². The van der Waals surface area contributed by atoms with Gasteiger partial charge in [-0.15, -0.1) is 0 Å². The van der Waals surface area contributed by atoms with Crippen molar-refractivity contribution in [3.8, 4) is 11.1 Å². The van der Waals surface area contributed by atoms with Crippen LogP contribution in [0.2, 0.25) is 0 Å². The fourth-order valence-corrected chi connectivity index (χ4v) is 2.57. The molecule has 132 valence electrons. The van der Waals surface area contributed by atoms with Gasteiger partial charge in [-0.1, -0.05) is 48.5 Å². The first-order chi connectivity index (χ1) is 12.6. The summed E-state index contributed by atoms with van der Waals surface area (Å²) in [4.78, 5) is 24.6. The van der Waals surface area contributed by atoms with E-state index < -0.39 is 18.0 Å². The number of rotatable bonds is 5. The Kier molecular flexibility index (Phi) is 5.17. The molecule has 5 heteroatoms. The summed E-state index contributed by atoms with van der Waals surface area (Å²) in [7, 11) is 0. The Balaban J connectivity index is 1.72. The van der Waals surface area contributed by atoms with Crippen molar-refractivity contribution >= 4 is 17.6 Å². The second-order valence-corrected chi connectivity index (χ2v) is 5.84. The fourth-order valence-electron chi connectivity index (χ4n) is 2.57. The van der Waals surface area contributed by atoms with Crippen LogP contribution >= 0.6 is 0 Å². The number of benzene rings is 2. The van der Waals surface area contributed by atoms with Gasteiger partial charge in [0, 0.05) is 11.3 Å². The number of ether oxygens (including phenoxy) is 1. The van der Waals surface area contributed by atoms with Crippen molar-refractivity contribution in [2.45, 2.75) is 20.0 Å². The molecular weight excluding hydrogens is 330 g/mol. The van der Waals surface area contributed by atoms with E-state index in [1.165, 1.54) is 19.3 Å². The van der Waals surface area contributed by atoms with E-state index in [0.717, 1.165) is 11.1 Å². The van der Waals surface area contributed by atoms with Gasteiger partial charge in [0.2, 0.25) is 0 Å². The largest absolute Gasteiger partial charge is 0.469 e. The number of furan rings is 1. The maximum Gasteiger partial charge on any atom is 0.342 e. The molecule has 3 aromatic rings. The van der Waals surface area contributed by atoms with Crippen molar-refractivity contribution in [3.63, 3.8) is 0 Å². The summed E-state index contributed by atoms with van der Waals surface area (Å²) in [6.45, 7) is 3.20. The second-order valence-electron chi connectivity index (χ2n) is 5.84. The van der Waals surface area contributed by atoms with Gasteiger partial charge in [-0.25, -0.2) is 4.79 Å². The van der Waals surface area contributed by atoms with Gasteiger partial charge in [0.25, 0.3) is 5.91 Å². The average molecular weight is 349 g/mol. The van der Waals surface area contributed by atoms with E-state index in [9.17, 15) is 9.59 Å². The number of carbonyl (C=O) groups is 2. The van der Waals surface area contributed by atoms with Gasteiger partial charge in [-0.3, -0.25) is 4.79 Å². The zero-order valence-corrected chi connectivity index (χ0v) is 14.6. The number of hydrogen-bond acceptors (Lipinski definition) is 4. The molecule has 0 aliphatic carbocycles. The number of carbonyl (C=O) groups excluding carboxylic acids is 2. The molecule has 0 unspecified atom stereocenters. The predicted molar refractivity (Wildman–Crippen MR) is 98.8 cm³/mol. The minimum Gasteiger partial charge on any atom is -0.469 e. The van der Waals surface area contributed by atoms with E-state index in [0.29, 0.717) is 17.0 Å². The van der Waals surface area contributed by atoms with Crippen LogP contribution in [0, 0.1) is 6.92 Å². The molecule has 0 fully saturated rings. The van der Waals surface area contributed by atoms with E-state index in [4.69, 9.17) is 9.15 Å². The van der Waals surface area contributed by atoms with E-state index in [2.05, 4.69) is 5.32 Å². The first kappa shape index (κ1) is 17.5. The van der Waals surface area contributed by atoms with Crippen LogP contribution in [-0.4, -0.2) is 18.0 Å². The number of para-hydroxylation sites is 1. The monoisotopic (exact) mass is 349 g/mol. The van der Waals surface area contributed by atoms with Crippen molar-refractivity contribution < 1.29 is 18.7 Å². The highest BCUT2D eigenvalue weighted by molar-refractivity contribution is 6.00. The molecule has 3 rings (SSSR count). The summed E-state index contributed by atoms with van der Waals surface area (Å²) < 4.78 is 10.3. The maximum atomic E-state index is 12.5. The van der Waals surface area contributed by atoms with E-state index in [1.807, 2.05) is 54.6 Å². The summed E-state index contributed by atoms with van der Waals surface area (Å²) in [6.07, 6.45) is 0.466. The number of hydrogen-bond donors (Lipinski definition) is 1. The summed E-state index contributed by atoms with van der Waals surface area (Å²) in [5.41, 5.74) is 2.85. The molecule has 0 saturated carbocycles. The number of esters is 1. The molecule has 0 spiro atoms. The fraction of sp³-hybridized carbons (Fsp3) is 0.143. The average Bonchev–Trinajstić information content (AvgIpc) is 3.09. The third-order valence-electron chi connectivity index (χ3n) is 4.00. The quantitative estimate of drug-likeness (QED) is 0.692. The third-order valence-corrected chi connectivity index (χ3v) is 4.00. The van der Waals surface area contributed by atoms with Crippen LogP contribution in [0.15, 0.2) is 71.3 Å². The Morgan fingerprint density at radius 1 is 1.00 bits per heavy atom. The van der Waals surface area contributed by atoms with Crippen LogP contribution in [0.1, 0.15) is 23.0 Å². The normalized spacial score (nSPS) is 11.6. The lowest BCUT2D eigenvalue weighted by molar-refractivity contribution is -0.123. The summed E-state index contributed by atoms with van der Waals surface area (Å²) in [5.74, 6) is -0.532. The van der Waals surface area contributed by atoms with Gasteiger partial charge >= 0.3 is 5.97 Å². The lowest BCUT2D eigenvalue weighted by atomic mass is 10.0. The zero-order valence-electron chi connectivity index (χ0n) is 14.6. The highest BCUT2D eigenvalue weighted by Crippen LogP contribution is 2.27. The SMILES string of the molecule is Cc1occc1C(=O)O[C@H](C)C(=O)Nc1ccccc1-c1ccccc1. The molecular formula is C21H19NO4. The van der Waals surface area contributed by atoms with Crippen LogP contribution in [0.3, 0.4) is 0 Å². The Morgan fingerprint density at radius 2 is 1.69 bits per heavy atom. The molecule has 0 aliphatic rings. The van der Waals surface area contributed by atoms with E-state index in [1.54, 1.807) is 6.92 Å². The molecule has 1 N–H and O–H groups in total. The van der Waals surface area contributed by atoms with E-state index >= 15 is 0 Å². The molecule has 26 heavy (non-hydrogen) atoms. The second kappa shape index (κ2) is 7.70. The van der Waals surface area contributed by atoms with Crippen molar-refractivity contribution in [2.75, 3.05) is 5.32 Å². The topological polar surface area (TPSA) is 68.5 Å². The first-order valence-electron chi connectivity index (χ1n) is 8.26. The molecule has 1 amide bonds. The van der Waals surface area contributed by atoms with Crippen molar-refractivity contribution in [3.05, 3.63) is 78.3 Å². The van der Waals surface area contributed by atoms with Crippen LogP contribution in [0.5, 0.6) is 0 Å². The molecule has 0 saturated heterocycles. The molecule has 1 aromatic heterocycles. The van der Waals surface area contributed by atoms with Gasteiger partial charge in [-0.05, 0) is 31.5 Å². The van der Waals surface area contributed by atoms with Gasteiger partial charge in [-0.2, -0.15) is 0 Å². The third kappa shape index (κ3) is 3.83. The van der Waals surface area contributed by atoms with Crippen molar-refractivity contribution in [1.29, 1.82) is 0 Å². The molecule has 1 heterocycles. The van der Waals surface area contributed by atoms with Gasteiger partial charge in [0.15, 0.2) is 6.10 Å². The smallest absolute Gasteiger partial charge is 0.342 e. The summed E-state index contributed by atoms with van der Waals surface area (Å²) in [5, 5.41) is 2.83. The Hall–Kier alpha value is -3.34. The predicted octanol–water partition coefficient (Wildman–Crippen LogP) is 4.44. The first-order valence-corrected chi connectivity index (χ1v) is 8.26. The lowest BCUT2D eigenvalue weighted by Gasteiger charge is -2.15. The molecule has 0 bridgehead atoms. The Morgan fingerprint density at radius 3 is 2.38 bits per heavy atom. The zero-order chi connectivity index (χ0) is 18.5. The van der Waals surface area contributed by atoms with Crippen LogP contribution in [0.4, 0.5) is 5.69 Å². The number of amides is 1. The minimum atomic E-state index is -0.944. The molecule has 5 nitrogen and oxygen atoms in total. The molecule has 1 atom stereocenters. The Labute approximate surface area is 151 Å². The van der Waals surface area contributed by atoms with Gasteiger partial charge < -0.3 is 14.5 Å². The maximum absolute atomic E-state index is 12.5. The van der Waals surface area contributed by atoms with Crippen molar-refractivity contribution in [2.24, 2.45) is 0 Å². The standard InChI is InChI=1S/C21H19NO4/c1-14-17(12-13-25-14)21(24)26-15(2)20(23)22-19-11-7-6-10-18(19)16-8-4-3-5-9-16/h3-13,15H,1-2H3,(H,22,23)/t15-/m1/s1. The summed E-state index contributed by atoms with van der Waals surface area (Å²) in [6, 6.07) is 18.8. The van der Waals surface area contributed by atoms with Crippen LogP contribution in [0.25, 0.3) is 11.1 Å². The minimum absolute atomic E-state index is 0.314. The molecule has 2 aromatic carbocycles. The van der Waals surface area contributed by atoms with Gasteiger partial charge in [0.1, 0.15) is 11.3 Å². The van der Waals surface area contributed by atoms with Crippen LogP contribution in [-0.2, 0) is 9.53 Å². The lowest BCUT2D eigenvalue weighted by Crippen LogP contribution is -2.30. The number of aryl methyl sites for hydroxylation is 1. The summed E-state index contributed by atoms with van der Waals surface area (Å²) >= 11 is 0. The number of nitrogens with one attached hydrogen (secondary N) is 1. The highest BCUT2D eigenvalue weighted by Gasteiger charge is 2.22. The molecule has 0 aliphatic heterocycles. The van der Waals surface area contributed by atoms with Crippen LogP contribution < -0.4 is 5.32 Å². The Bertz CT molecular complexity index is 915.